The smallest absolute Gasteiger partial charge is 0.307 e. The first-order valence-electron chi connectivity index (χ1n) is 8.40. The predicted octanol–water partition coefficient (Wildman–Crippen LogP) is 2.48. The van der Waals surface area contributed by atoms with Gasteiger partial charge in [-0.05, 0) is 12.8 Å². The Morgan fingerprint density at radius 2 is 1.92 bits per heavy atom. The van der Waals surface area contributed by atoms with E-state index in [0.717, 1.165) is 24.8 Å². The first-order valence-corrected chi connectivity index (χ1v) is 8.40. The summed E-state index contributed by atoms with van der Waals surface area (Å²) in [4.78, 5) is 23.4. The lowest BCUT2D eigenvalue weighted by atomic mass is 9.76. The standard InChI is InChI=1S/C18H21N3O4/c22-15(21-25)10-14-16(11-6-2-1-3-7-11)19-20-17(14)12-8-4-5-9-13(12)18(23)24/h1-3,6-7,12-13,25H,4-5,8-10H2,(H,19,20)(H,21,22)(H,23,24)/t12-,13?/m1/s1. The molecule has 0 radical (unpaired) electrons. The Kier molecular flexibility index (Phi) is 5.14. The van der Waals surface area contributed by atoms with Gasteiger partial charge in [-0.2, -0.15) is 5.10 Å². The zero-order valence-corrected chi connectivity index (χ0v) is 13.7. The number of aliphatic carboxylic acids is 1. The largest absolute Gasteiger partial charge is 0.481 e. The average Bonchev–Trinajstić information content (AvgIpc) is 3.05. The first kappa shape index (κ1) is 17.2. The lowest BCUT2D eigenvalue weighted by molar-refractivity contribution is -0.143. The molecule has 3 rings (SSSR count). The average molecular weight is 343 g/mol. The second-order valence-corrected chi connectivity index (χ2v) is 6.38. The van der Waals surface area contributed by atoms with Crippen LogP contribution in [0, 0.1) is 5.92 Å². The minimum Gasteiger partial charge on any atom is -0.481 e. The van der Waals surface area contributed by atoms with Crippen LogP contribution in [0.4, 0.5) is 0 Å². The SMILES string of the molecule is O=C(Cc1c(-c2ccccc2)n[nH]c1[C@@H]1CCCCC1C(=O)O)NO. The topological polar surface area (TPSA) is 115 Å². The Bertz CT molecular complexity index is 757. The molecule has 1 aliphatic rings. The quantitative estimate of drug-likeness (QED) is 0.492. The lowest BCUT2D eigenvalue weighted by Gasteiger charge is -2.28. The summed E-state index contributed by atoms with van der Waals surface area (Å²) in [6.07, 6.45) is 3.13. The summed E-state index contributed by atoms with van der Waals surface area (Å²) >= 11 is 0. The molecule has 0 spiro atoms. The molecule has 4 N–H and O–H groups in total. The van der Waals surface area contributed by atoms with E-state index >= 15 is 0 Å². The van der Waals surface area contributed by atoms with Crippen LogP contribution in [0.15, 0.2) is 30.3 Å². The number of carbonyl (C=O) groups excluding carboxylic acids is 1. The van der Waals surface area contributed by atoms with Crippen LogP contribution >= 0.6 is 0 Å². The minimum atomic E-state index is -0.821. The third-order valence-corrected chi connectivity index (χ3v) is 4.86. The molecule has 2 atom stereocenters. The van der Waals surface area contributed by atoms with Gasteiger partial charge in [0.1, 0.15) is 0 Å². The van der Waals surface area contributed by atoms with E-state index in [2.05, 4.69) is 10.2 Å². The van der Waals surface area contributed by atoms with E-state index in [0.29, 0.717) is 23.4 Å². The maximum Gasteiger partial charge on any atom is 0.307 e. The maximum absolute atomic E-state index is 11.8. The number of hydroxylamine groups is 1. The van der Waals surface area contributed by atoms with Crippen molar-refractivity contribution in [1.29, 1.82) is 0 Å². The Morgan fingerprint density at radius 1 is 1.20 bits per heavy atom. The molecule has 1 aromatic heterocycles. The van der Waals surface area contributed by atoms with Crippen molar-refractivity contribution in [2.24, 2.45) is 5.92 Å². The van der Waals surface area contributed by atoms with Crippen LogP contribution in [0.1, 0.15) is 42.9 Å². The van der Waals surface area contributed by atoms with Crippen LogP contribution in [0.25, 0.3) is 11.3 Å². The maximum atomic E-state index is 11.8. The number of hydrogen-bond acceptors (Lipinski definition) is 4. The summed E-state index contributed by atoms with van der Waals surface area (Å²) < 4.78 is 0. The molecule has 7 heteroatoms. The Hall–Kier alpha value is -2.67. The number of rotatable bonds is 5. The predicted molar refractivity (Wildman–Crippen MR) is 90.0 cm³/mol. The van der Waals surface area contributed by atoms with E-state index < -0.39 is 17.8 Å². The molecule has 1 unspecified atom stereocenters. The monoisotopic (exact) mass is 343 g/mol. The molecular formula is C18H21N3O4. The summed E-state index contributed by atoms with van der Waals surface area (Å²) in [5.74, 6) is -2.08. The van der Waals surface area contributed by atoms with Crippen molar-refractivity contribution < 1.29 is 19.9 Å². The zero-order chi connectivity index (χ0) is 17.8. The number of carboxylic acids is 1. The van der Waals surface area contributed by atoms with Crippen molar-refractivity contribution >= 4 is 11.9 Å². The van der Waals surface area contributed by atoms with Gasteiger partial charge < -0.3 is 5.11 Å². The van der Waals surface area contributed by atoms with Gasteiger partial charge in [0.15, 0.2) is 0 Å². The molecule has 1 heterocycles. The van der Waals surface area contributed by atoms with Crippen molar-refractivity contribution in [2.75, 3.05) is 0 Å². The highest BCUT2D eigenvalue weighted by atomic mass is 16.5. The highest BCUT2D eigenvalue weighted by Crippen LogP contribution is 2.40. The molecule has 0 saturated heterocycles. The molecule has 0 bridgehead atoms. The number of carboxylic acid groups (broad SMARTS) is 1. The van der Waals surface area contributed by atoms with Crippen LogP contribution in [-0.2, 0) is 16.0 Å². The van der Waals surface area contributed by atoms with Crippen molar-refractivity contribution in [2.45, 2.75) is 38.0 Å². The second kappa shape index (κ2) is 7.48. The number of aromatic amines is 1. The highest BCUT2D eigenvalue weighted by Gasteiger charge is 2.35. The summed E-state index contributed by atoms with van der Waals surface area (Å²) in [6.45, 7) is 0. The molecule has 1 aromatic carbocycles. The highest BCUT2D eigenvalue weighted by molar-refractivity contribution is 5.81. The Labute approximate surface area is 145 Å². The van der Waals surface area contributed by atoms with Crippen LogP contribution in [-0.4, -0.2) is 32.4 Å². The molecule has 132 valence electrons. The summed E-state index contributed by atoms with van der Waals surface area (Å²) in [6, 6.07) is 9.41. The van der Waals surface area contributed by atoms with E-state index in [9.17, 15) is 14.7 Å². The van der Waals surface area contributed by atoms with Gasteiger partial charge in [0, 0.05) is 22.7 Å². The molecule has 25 heavy (non-hydrogen) atoms. The van der Waals surface area contributed by atoms with Crippen molar-refractivity contribution in [1.82, 2.24) is 15.7 Å². The second-order valence-electron chi connectivity index (χ2n) is 6.38. The molecule has 0 aliphatic heterocycles. The molecule has 1 aliphatic carbocycles. The summed E-state index contributed by atoms with van der Waals surface area (Å²) in [5, 5.41) is 25.8. The zero-order valence-electron chi connectivity index (χ0n) is 13.7. The van der Waals surface area contributed by atoms with E-state index in [1.165, 1.54) is 0 Å². The Balaban J connectivity index is 2.05. The lowest BCUT2D eigenvalue weighted by Crippen LogP contribution is -2.27. The number of nitrogens with zero attached hydrogens (tertiary/aromatic N) is 1. The number of benzene rings is 1. The van der Waals surface area contributed by atoms with Gasteiger partial charge in [-0.3, -0.25) is 19.9 Å². The number of hydrogen-bond donors (Lipinski definition) is 4. The van der Waals surface area contributed by atoms with Crippen molar-refractivity contribution in [3.63, 3.8) is 0 Å². The Morgan fingerprint density at radius 3 is 2.60 bits per heavy atom. The normalized spacial score (nSPS) is 20.2. The van der Waals surface area contributed by atoms with Crippen molar-refractivity contribution in [3.8, 4) is 11.3 Å². The summed E-state index contributed by atoms with van der Waals surface area (Å²) in [7, 11) is 0. The first-order chi connectivity index (χ1) is 12.1. The summed E-state index contributed by atoms with van der Waals surface area (Å²) in [5.41, 5.74) is 4.45. The number of amides is 1. The number of H-pyrrole nitrogens is 1. The minimum absolute atomic E-state index is 0.0601. The van der Waals surface area contributed by atoms with Gasteiger partial charge in [0.25, 0.3) is 0 Å². The van der Waals surface area contributed by atoms with Crippen LogP contribution in [0.2, 0.25) is 0 Å². The molecule has 2 aromatic rings. The molecule has 1 amide bonds. The van der Waals surface area contributed by atoms with Crippen molar-refractivity contribution in [3.05, 3.63) is 41.6 Å². The van der Waals surface area contributed by atoms with Crippen LogP contribution in [0.3, 0.4) is 0 Å². The fourth-order valence-electron chi connectivity index (χ4n) is 3.67. The fraction of sp³-hybridized carbons (Fsp3) is 0.389. The van der Waals surface area contributed by atoms with Gasteiger partial charge >= 0.3 is 5.97 Å². The van der Waals surface area contributed by atoms with E-state index in [4.69, 9.17) is 5.21 Å². The van der Waals surface area contributed by atoms with Gasteiger partial charge in [-0.25, -0.2) is 5.48 Å². The van der Waals surface area contributed by atoms with E-state index in [-0.39, 0.29) is 12.3 Å². The fourth-order valence-corrected chi connectivity index (χ4v) is 3.67. The number of nitrogens with one attached hydrogen (secondary N) is 2. The van der Waals surface area contributed by atoms with Gasteiger partial charge in [0.2, 0.25) is 5.91 Å². The molecule has 1 saturated carbocycles. The molecule has 7 nitrogen and oxygen atoms in total. The molecular weight excluding hydrogens is 322 g/mol. The van der Waals surface area contributed by atoms with Crippen LogP contribution in [0.5, 0.6) is 0 Å². The third-order valence-electron chi connectivity index (χ3n) is 4.86. The van der Waals surface area contributed by atoms with Gasteiger partial charge in [-0.15, -0.1) is 0 Å². The number of aromatic nitrogens is 2. The van der Waals surface area contributed by atoms with E-state index in [1.807, 2.05) is 30.3 Å². The van der Waals surface area contributed by atoms with Crippen LogP contribution < -0.4 is 5.48 Å². The third kappa shape index (κ3) is 3.56. The van der Waals surface area contributed by atoms with Gasteiger partial charge in [-0.1, -0.05) is 43.2 Å². The number of carbonyl (C=O) groups is 2. The van der Waals surface area contributed by atoms with Gasteiger partial charge in [0.05, 0.1) is 18.0 Å². The molecule has 1 fully saturated rings. The van der Waals surface area contributed by atoms with E-state index in [1.54, 1.807) is 5.48 Å².